The molecule has 0 fully saturated rings. The van der Waals surface area contributed by atoms with E-state index in [0.29, 0.717) is 12.2 Å². The predicted octanol–water partition coefficient (Wildman–Crippen LogP) is 4.81. The molecule has 0 saturated heterocycles. The van der Waals surface area contributed by atoms with Crippen molar-refractivity contribution in [1.29, 1.82) is 0 Å². The topological polar surface area (TPSA) is 35.5 Å². The molecule has 22 heavy (non-hydrogen) atoms. The van der Waals surface area contributed by atoms with Crippen LogP contribution in [0, 0.1) is 0 Å². The van der Waals surface area contributed by atoms with Crippen molar-refractivity contribution in [3.8, 4) is 0 Å². The molecule has 1 unspecified atom stereocenters. The highest BCUT2D eigenvalue weighted by Crippen LogP contribution is 2.36. The van der Waals surface area contributed by atoms with Gasteiger partial charge in [-0.15, -0.1) is 0 Å². The third-order valence-electron chi connectivity index (χ3n) is 4.06. The largest absolute Gasteiger partial charge is 0.455 e. The molecule has 1 rings (SSSR count). The molecule has 0 aromatic heterocycles. The summed E-state index contributed by atoms with van der Waals surface area (Å²) in [6, 6.07) is 9.02. The van der Waals surface area contributed by atoms with E-state index in [-0.39, 0.29) is 17.1 Å². The molecule has 3 nitrogen and oxygen atoms in total. The zero-order valence-electron chi connectivity index (χ0n) is 14.6. The van der Waals surface area contributed by atoms with Gasteiger partial charge in [-0.1, -0.05) is 45.0 Å². The molecular weight excluding hydrogens is 292 g/mol. The van der Waals surface area contributed by atoms with Gasteiger partial charge in [0.25, 0.3) is 0 Å². The smallest absolute Gasteiger partial charge is 0.338 e. The van der Waals surface area contributed by atoms with Crippen LogP contribution in [0.25, 0.3) is 0 Å². The molecule has 1 aromatic carbocycles. The molecule has 1 aromatic rings. The van der Waals surface area contributed by atoms with Crippen LogP contribution in [-0.4, -0.2) is 27.0 Å². The lowest BCUT2D eigenvalue weighted by molar-refractivity contribution is 0.0423. The first-order valence-electron chi connectivity index (χ1n) is 7.70. The van der Waals surface area contributed by atoms with E-state index in [9.17, 15) is 4.79 Å². The van der Waals surface area contributed by atoms with Crippen molar-refractivity contribution in [3.05, 3.63) is 48.0 Å². The molecule has 0 amide bonds. The van der Waals surface area contributed by atoms with Crippen LogP contribution in [-0.2, 0) is 9.16 Å². The normalized spacial score (nSPS) is 14.1. The van der Waals surface area contributed by atoms with E-state index in [2.05, 4.69) is 33.9 Å². The van der Waals surface area contributed by atoms with E-state index < -0.39 is 8.32 Å². The zero-order chi connectivity index (χ0) is 16.8. The first kappa shape index (κ1) is 18.7. The number of hydrogen-bond donors (Lipinski definition) is 0. The Hall–Kier alpha value is -1.39. The number of ether oxygens (including phenoxy) is 1. The Labute approximate surface area is 135 Å². The summed E-state index contributed by atoms with van der Waals surface area (Å²) in [5.41, 5.74) is 0.570. The molecule has 4 heteroatoms. The zero-order valence-corrected chi connectivity index (χ0v) is 15.6. The van der Waals surface area contributed by atoms with Crippen molar-refractivity contribution in [1.82, 2.24) is 0 Å². The minimum atomic E-state index is -1.72. The van der Waals surface area contributed by atoms with Crippen molar-refractivity contribution in [2.45, 2.75) is 51.9 Å². The summed E-state index contributed by atoms with van der Waals surface area (Å²) in [4.78, 5) is 11.9. The quantitative estimate of drug-likeness (QED) is 0.429. The first-order valence-corrected chi connectivity index (χ1v) is 10.6. The maximum atomic E-state index is 11.9. The van der Waals surface area contributed by atoms with Crippen LogP contribution in [0.1, 0.15) is 38.1 Å². The number of hydrogen-bond acceptors (Lipinski definition) is 3. The Morgan fingerprint density at radius 1 is 1.23 bits per heavy atom. The summed E-state index contributed by atoms with van der Waals surface area (Å²) >= 11 is 0. The van der Waals surface area contributed by atoms with Crippen molar-refractivity contribution in [3.63, 3.8) is 0 Å². The van der Waals surface area contributed by atoms with Gasteiger partial charge in [0.05, 0.1) is 12.2 Å². The Kier molecular flexibility index (Phi) is 6.57. The average Bonchev–Trinajstić information content (AvgIpc) is 2.43. The van der Waals surface area contributed by atoms with Crippen LogP contribution in [0.4, 0.5) is 0 Å². The Balaban J connectivity index is 2.42. The number of carbonyl (C=O) groups excluding carboxylic acids is 1. The molecule has 122 valence electrons. The van der Waals surface area contributed by atoms with Gasteiger partial charge in [0.15, 0.2) is 8.32 Å². The van der Waals surface area contributed by atoms with Gasteiger partial charge in [-0.25, -0.2) is 4.79 Å². The van der Waals surface area contributed by atoms with Crippen LogP contribution in [0.2, 0.25) is 18.1 Å². The summed E-state index contributed by atoms with van der Waals surface area (Å²) in [5, 5.41) is 0.201. The third kappa shape index (κ3) is 5.77. The van der Waals surface area contributed by atoms with Gasteiger partial charge in [0, 0.05) is 0 Å². The standard InChI is InChI=1S/C18H28O3Si/c1-15(21-17(19)16-12-8-7-9-13-16)11-10-14-20-22(5,6)18(2,3)4/h7-13,15H,14H2,1-6H3/b11-10+. The lowest BCUT2D eigenvalue weighted by Gasteiger charge is -2.35. The van der Waals surface area contributed by atoms with Gasteiger partial charge in [-0.2, -0.15) is 0 Å². The molecular formula is C18H28O3Si. The van der Waals surface area contributed by atoms with Gasteiger partial charge in [-0.3, -0.25) is 0 Å². The summed E-state index contributed by atoms with van der Waals surface area (Å²) in [7, 11) is -1.72. The van der Waals surface area contributed by atoms with Gasteiger partial charge < -0.3 is 9.16 Å². The van der Waals surface area contributed by atoms with E-state index in [1.54, 1.807) is 12.1 Å². The van der Waals surface area contributed by atoms with E-state index in [0.717, 1.165) is 0 Å². The van der Waals surface area contributed by atoms with Crippen molar-refractivity contribution in [2.24, 2.45) is 0 Å². The van der Waals surface area contributed by atoms with Crippen LogP contribution < -0.4 is 0 Å². The number of benzene rings is 1. The highest BCUT2D eigenvalue weighted by Gasteiger charge is 2.36. The number of rotatable bonds is 6. The van der Waals surface area contributed by atoms with Crippen LogP contribution in [0.5, 0.6) is 0 Å². The molecule has 0 heterocycles. The molecule has 0 aliphatic heterocycles. The highest BCUT2D eigenvalue weighted by molar-refractivity contribution is 6.74. The summed E-state index contributed by atoms with van der Waals surface area (Å²) in [5.74, 6) is -0.303. The summed E-state index contributed by atoms with van der Waals surface area (Å²) < 4.78 is 11.4. The highest BCUT2D eigenvalue weighted by atomic mass is 28.4. The Morgan fingerprint density at radius 3 is 2.36 bits per heavy atom. The Morgan fingerprint density at radius 2 is 1.82 bits per heavy atom. The number of esters is 1. The molecule has 1 atom stereocenters. The summed E-state index contributed by atoms with van der Waals surface area (Å²) in [6.45, 7) is 13.5. The van der Waals surface area contributed by atoms with Gasteiger partial charge in [-0.05, 0) is 43.3 Å². The van der Waals surface area contributed by atoms with Crippen molar-refractivity contribution in [2.75, 3.05) is 6.61 Å². The summed E-state index contributed by atoms with van der Waals surface area (Å²) in [6.07, 6.45) is 3.54. The first-order chi connectivity index (χ1) is 10.1. The second-order valence-electron chi connectivity index (χ2n) is 6.98. The molecule has 0 aliphatic rings. The molecule has 0 saturated carbocycles. The average molecular weight is 321 g/mol. The minimum absolute atomic E-state index is 0.201. The van der Waals surface area contributed by atoms with Gasteiger partial charge in [0.2, 0.25) is 0 Å². The maximum absolute atomic E-state index is 11.9. The third-order valence-corrected chi connectivity index (χ3v) is 8.56. The second kappa shape index (κ2) is 7.74. The monoisotopic (exact) mass is 320 g/mol. The SMILES string of the molecule is CC(/C=C/CO[Si](C)(C)C(C)(C)C)OC(=O)c1ccccc1. The fourth-order valence-corrected chi connectivity index (χ4v) is 2.52. The van der Waals surface area contributed by atoms with Crippen LogP contribution in [0.15, 0.2) is 42.5 Å². The van der Waals surface area contributed by atoms with Gasteiger partial charge in [0.1, 0.15) is 6.10 Å². The van der Waals surface area contributed by atoms with Gasteiger partial charge >= 0.3 is 5.97 Å². The lowest BCUT2D eigenvalue weighted by Crippen LogP contribution is -2.40. The number of carbonyl (C=O) groups is 1. The second-order valence-corrected chi connectivity index (χ2v) is 11.8. The van der Waals surface area contributed by atoms with E-state index in [1.165, 1.54) is 0 Å². The van der Waals surface area contributed by atoms with Crippen LogP contribution in [0.3, 0.4) is 0 Å². The van der Waals surface area contributed by atoms with E-state index in [1.807, 2.05) is 37.3 Å². The minimum Gasteiger partial charge on any atom is -0.455 e. The molecule has 0 radical (unpaired) electrons. The van der Waals surface area contributed by atoms with E-state index >= 15 is 0 Å². The molecule has 0 N–H and O–H groups in total. The fourth-order valence-electron chi connectivity index (χ4n) is 1.57. The van der Waals surface area contributed by atoms with Crippen molar-refractivity contribution < 1.29 is 14.0 Å². The molecule has 0 bridgehead atoms. The predicted molar refractivity (Wildman–Crippen MR) is 93.6 cm³/mol. The maximum Gasteiger partial charge on any atom is 0.338 e. The van der Waals surface area contributed by atoms with E-state index in [4.69, 9.17) is 9.16 Å². The molecule has 0 spiro atoms. The molecule has 0 aliphatic carbocycles. The Bertz CT molecular complexity index is 501. The van der Waals surface area contributed by atoms with Crippen LogP contribution >= 0.6 is 0 Å². The fraction of sp³-hybridized carbons (Fsp3) is 0.500. The van der Waals surface area contributed by atoms with Crippen molar-refractivity contribution >= 4 is 14.3 Å². The lowest BCUT2D eigenvalue weighted by atomic mass is 10.2.